The van der Waals surface area contributed by atoms with Crippen molar-refractivity contribution in [2.75, 3.05) is 32.7 Å². The summed E-state index contributed by atoms with van der Waals surface area (Å²) < 4.78 is 0. The smallest absolute Gasteiger partial charge is 0.237 e. The number of nitrogens with zero attached hydrogens (tertiary/aromatic N) is 2. The summed E-state index contributed by atoms with van der Waals surface area (Å²) in [5.41, 5.74) is 0. The van der Waals surface area contributed by atoms with Crippen molar-refractivity contribution in [3.8, 4) is 0 Å². The molecule has 1 unspecified atom stereocenters. The average molecular weight is 295 g/mol. The van der Waals surface area contributed by atoms with Gasteiger partial charge in [0.15, 0.2) is 0 Å². The van der Waals surface area contributed by atoms with Crippen molar-refractivity contribution in [2.45, 2.75) is 52.0 Å². The van der Waals surface area contributed by atoms with E-state index in [-0.39, 0.29) is 17.9 Å². The van der Waals surface area contributed by atoms with E-state index in [1.165, 1.54) is 12.8 Å². The SMILES string of the molecule is CCCNC(=O)C(C1CCCC1)N1CCN(C(C)=O)CC1. The first-order valence-corrected chi connectivity index (χ1v) is 8.40. The van der Waals surface area contributed by atoms with Crippen LogP contribution < -0.4 is 5.32 Å². The van der Waals surface area contributed by atoms with Crippen molar-refractivity contribution in [1.29, 1.82) is 0 Å². The highest BCUT2D eigenvalue weighted by Gasteiger charge is 2.36. The number of rotatable bonds is 5. The highest BCUT2D eigenvalue weighted by atomic mass is 16.2. The third-order valence-electron chi connectivity index (χ3n) is 4.82. The molecule has 2 aliphatic rings. The zero-order valence-electron chi connectivity index (χ0n) is 13.4. The summed E-state index contributed by atoms with van der Waals surface area (Å²) in [6.07, 6.45) is 5.79. The van der Waals surface area contributed by atoms with Gasteiger partial charge in [0.2, 0.25) is 11.8 Å². The Morgan fingerprint density at radius 1 is 1.14 bits per heavy atom. The van der Waals surface area contributed by atoms with Crippen LogP contribution in [0, 0.1) is 5.92 Å². The molecule has 1 heterocycles. The molecule has 1 saturated heterocycles. The van der Waals surface area contributed by atoms with Crippen molar-refractivity contribution >= 4 is 11.8 Å². The monoisotopic (exact) mass is 295 g/mol. The molecule has 1 N–H and O–H groups in total. The van der Waals surface area contributed by atoms with E-state index in [1.54, 1.807) is 6.92 Å². The topological polar surface area (TPSA) is 52.7 Å². The third kappa shape index (κ3) is 4.19. The number of nitrogens with one attached hydrogen (secondary N) is 1. The van der Waals surface area contributed by atoms with E-state index < -0.39 is 0 Å². The van der Waals surface area contributed by atoms with Crippen LogP contribution in [-0.4, -0.2) is 60.4 Å². The molecule has 0 aromatic rings. The van der Waals surface area contributed by atoms with Crippen LogP contribution in [0.2, 0.25) is 0 Å². The van der Waals surface area contributed by atoms with Crippen LogP contribution in [0.5, 0.6) is 0 Å². The summed E-state index contributed by atoms with van der Waals surface area (Å²) in [5, 5.41) is 3.08. The Kier molecular flexibility index (Phi) is 6.03. The molecular formula is C16H29N3O2. The molecule has 2 fully saturated rings. The minimum atomic E-state index is 0.00755. The fraction of sp³-hybridized carbons (Fsp3) is 0.875. The summed E-state index contributed by atoms with van der Waals surface area (Å²) >= 11 is 0. The number of carbonyl (C=O) groups excluding carboxylic acids is 2. The van der Waals surface area contributed by atoms with E-state index >= 15 is 0 Å². The van der Waals surface area contributed by atoms with Gasteiger partial charge in [0.25, 0.3) is 0 Å². The maximum Gasteiger partial charge on any atom is 0.237 e. The second kappa shape index (κ2) is 7.78. The van der Waals surface area contributed by atoms with Crippen LogP contribution in [0.4, 0.5) is 0 Å². The van der Waals surface area contributed by atoms with E-state index in [0.29, 0.717) is 5.92 Å². The summed E-state index contributed by atoms with van der Waals surface area (Å²) in [6.45, 7) is 7.60. The quantitative estimate of drug-likeness (QED) is 0.830. The lowest BCUT2D eigenvalue weighted by molar-refractivity contribution is -0.133. The Bertz CT molecular complexity index is 359. The van der Waals surface area contributed by atoms with Gasteiger partial charge in [-0.05, 0) is 25.2 Å². The van der Waals surface area contributed by atoms with Gasteiger partial charge in [-0.25, -0.2) is 0 Å². The molecule has 5 nitrogen and oxygen atoms in total. The number of hydrogen-bond donors (Lipinski definition) is 1. The van der Waals surface area contributed by atoms with Gasteiger partial charge in [0.1, 0.15) is 0 Å². The summed E-state index contributed by atoms with van der Waals surface area (Å²) in [7, 11) is 0. The maximum atomic E-state index is 12.6. The van der Waals surface area contributed by atoms with E-state index in [1.807, 2.05) is 4.90 Å². The van der Waals surface area contributed by atoms with Gasteiger partial charge in [-0.15, -0.1) is 0 Å². The zero-order valence-corrected chi connectivity index (χ0v) is 13.4. The predicted octanol–water partition coefficient (Wildman–Crippen LogP) is 1.24. The van der Waals surface area contributed by atoms with E-state index in [9.17, 15) is 9.59 Å². The molecular weight excluding hydrogens is 266 g/mol. The van der Waals surface area contributed by atoms with Gasteiger partial charge in [-0.3, -0.25) is 14.5 Å². The van der Waals surface area contributed by atoms with Crippen LogP contribution in [-0.2, 0) is 9.59 Å². The van der Waals surface area contributed by atoms with Gasteiger partial charge in [-0.1, -0.05) is 19.8 Å². The molecule has 120 valence electrons. The van der Waals surface area contributed by atoms with E-state index in [0.717, 1.165) is 52.0 Å². The fourth-order valence-corrected chi connectivity index (χ4v) is 3.62. The van der Waals surface area contributed by atoms with Gasteiger partial charge in [0.05, 0.1) is 6.04 Å². The Morgan fingerprint density at radius 2 is 1.76 bits per heavy atom. The minimum Gasteiger partial charge on any atom is -0.355 e. The van der Waals surface area contributed by atoms with Gasteiger partial charge < -0.3 is 10.2 Å². The maximum absolute atomic E-state index is 12.6. The molecule has 1 atom stereocenters. The van der Waals surface area contributed by atoms with Crippen LogP contribution in [0.1, 0.15) is 46.0 Å². The minimum absolute atomic E-state index is 0.00755. The first-order chi connectivity index (χ1) is 10.1. The molecule has 21 heavy (non-hydrogen) atoms. The Labute approximate surface area is 128 Å². The predicted molar refractivity (Wildman–Crippen MR) is 82.9 cm³/mol. The molecule has 1 aliphatic carbocycles. The van der Waals surface area contributed by atoms with Crippen molar-refractivity contribution in [3.05, 3.63) is 0 Å². The second-order valence-corrected chi connectivity index (χ2v) is 6.32. The molecule has 1 aliphatic heterocycles. The molecule has 0 aromatic carbocycles. The van der Waals surface area contributed by atoms with Crippen molar-refractivity contribution < 1.29 is 9.59 Å². The first-order valence-electron chi connectivity index (χ1n) is 8.40. The average Bonchev–Trinajstić information content (AvgIpc) is 3.00. The number of piperazine rings is 1. The molecule has 2 amide bonds. The van der Waals surface area contributed by atoms with Gasteiger partial charge in [0, 0.05) is 39.6 Å². The molecule has 0 bridgehead atoms. The highest BCUT2D eigenvalue weighted by Crippen LogP contribution is 2.31. The van der Waals surface area contributed by atoms with Crippen LogP contribution in [0.15, 0.2) is 0 Å². The summed E-state index contributed by atoms with van der Waals surface area (Å²) in [4.78, 5) is 28.2. The van der Waals surface area contributed by atoms with Crippen molar-refractivity contribution in [1.82, 2.24) is 15.1 Å². The van der Waals surface area contributed by atoms with Crippen LogP contribution >= 0.6 is 0 Å². The van der Waals surface area contributed by atoms with Crippen molar-refractivity contribution in [3.63, 3.8) is 0 Å². The molecule has 0 radical (unpaired) electrons. The lowest BCUT2D eigenvalue weighted by Crippen LogP contribution is -2.57. The fourth-order valence-electron chi connectivity index (χ4n) is 3.62. The highest BCUT2D eigenvalue weighted by molar-refractivity contribution is 5.82. The molecule has 1 saturated carbocycles. The zero-order chi connectivity index (χ0) is 15.2. The third-order valence-corrected chi connectivity index (χ3v) is 4.82. The lowest BCUT2D eigenvalue weighted by atomic mass is 9.95. The van der Waals surface area contributed by atoms with Gasteiger partial charge in [-0.2, -0.15) is 0 Å². The van der Waals surface area contributed by atoms with E-state index in [2.05, 4.69) is 17.1 Å². The molecule has 2 rings (SSSR count). The molecule has 0 aromatic heterocycles. The second-order valence-electron chi connectivity index (χ2n) is 6.32. The number of amides is 2. The number of hydrogen-bond acceptors (Lipinski definition) is 3. The first kappa shape index (κ1) is 16.3. The Balaban J connectivity index is 1.98. The standard InChI is InChI=1S/C16H29N3O2/c1-3-8-17-16(21)15(14-6-4-5-7-14)19-11-9-18(10-12-19)13(2)20/h14-15H,3-12H2,1-2H3,(H,17,21). The van der Waals surface area contributed by atoms with Crippen molar-refractivity contribution in [2.24, 2.45) is 5.92 Å². The van der Waals surface area contributed by atoms with Crippen LogP contribution in [0.3, 0.4) is 0 Å². The Morgan fingerprint density at radius 3 is 2.29 bits per heavy atom. The number of carbonyl (C=O) groups is 2. The van der Waals surface area contributed by atoms with Crippen LogP contribution in [0.25, 0.3) is 0 Å². The van der Waals surface area contributed by atoms with Gasteiger partial charge >= 0.3 is 0 Å². The lowest BCUT2D eigenvalue weighted by Gasteiger charge is -2.40. The van der Waals surface area contributed by atoms with E-state index in [4.69, 9.17) is 0 Å². The largest absolute Gasteiger partial charge is 0.355 e. The molecule has 5 heteroatoms. The molecule has 0 spiro atoms. The normalized spacial score (nSPS) is 22.3. The summed E-state index contributed by atoms with van der Waals surface area (Å²) in [6, 6.07) is 0.00755. The summed E-state index contributed by atoms with van der Waals surface area (Å²) in [5.74, 6) is 0.827. The Hall–Kier alpha value is -1.10.